The van der Waals surface area contributed by atoms with Crippen molar-refractivity contribution in [2.45, 2.75) is 63.5 Å². The lowest BCUT2D eigenvalue weighted by molar-refractivity contribution is 0.0661. The van der Waals surface area contributed by atoms with Gasteiger partial charge in [0, 0.05) is 18.1 Å². The Hall–Kier alpha value is -1.06. The van der Waals surface area contributed by atoms with Gasteiger partial charge in [-0.15, -0.1) is 0 Å². The number of nitrogens with zero attached hydrogens (tertiary/aromatic N) is 1. The van der Waals surface area contributed by atoms with Gasteiger partial charge in [0.15, 0.2) is 0 Å². The molecule has 1 atom stereocenters. The molecule has 2 aliphatic rings. The van der Waals surface area contributed by atoms with Crippen molar-refractivity contribution < 1.29 is 4.74 Å². The van der Waals surface area contributed by atoms with E-state index in [4.69, 9.17) is 4.74 Å². The Bertz CT molecular complexity index is 450. The number of rotatable bonds is 7. The van der Waals surface area contributed by atoms with E-state index in [1.54, 1.807) is 0 Å². The zero-order valence-electron chi connectivity index (χ0n) is 14.6. The summed E-state index contributed by atoms with van der Waals surface area (Å²) >= 11 is 0. The number of likely N-dealkylation sites (tertiary alicyclic amines) is 1. The van der Waals surface area contributed by atoms with Crippen LogP contribution in [0.25, 0.3) is 0 Å². The molecular weight excluding hydrogens is 284 g/mol. The van der Waals surface area contributed by atoms with Gasteiger partial charge in [-0.3, -0.25) is 4.90 Å². The summed E-state index contributed by atoms with van der Waals surface area (Å²) in [6.45, 7) is 6.70. The number of ether oxygens (including phenoxy) is 1. The van der Waals surface area contributed by atoms with E-state index in [-0.39, 0.29) is 0 Å². The van der Waals surface area contributed by atoms with Crippen LogP contribution in [-0.4, -0.2) is 42.7 Å². The summed E-state index contributed by atoms with van der Waals surface area (Å²) in [6, 6.07) is 10.5. The van der Waals surface area contributed by atoms with Crippen LogP contribution in [0.4, 0.5) is 0 Å². The Balaban J connectivity index is 1.48. The highest BCUT2D eigenvalue weighted by atomic mass is 16.5. The Morgan fingerprint density at radius 2 is 1.74 bits per heavy atom. The molecule has 1 saturated heterocycles. The summed E-state index contributed by atoms with van der Waals surface area (Å²) in [5, 5.41) is 3.77. The van der Waals surface area contributed by atoms with Crippen molar-refractivity contribution in [3.8, 4) is 5.75 Å². The molecule has 23 heavy (non-hydrogen) atoms. The lowest BCUT2D eigenvalue weighted by atomic mass is 9.92. The Morgan fingerprint density at radius 1 is 1.04 bits per heavy atom. The zero-order chi connectivity index (χ0) is 16.0. The second-order valence-corrected chi connectivity index (χ2v) is 7.39. The first kappa shape index (κ1) is 16.8. The maximum Gasteiger partial charge on any atom is 0.119 e. The predicted octanol–water partition coefficient (Wildman–Crippen LogP) is 3.84. The van der Waals surface area contributed by atoms with E-state index in [0.717, 1.165) is 18.9 Å². The molecule has 2 fully saturated rings. The summed E-state index contributed by atoms with van der Waals surface area (Å²) in [4.78, 5) is 2.79. The molecule has 3 nitrogen and oxygen atoms in total. The third-order valence-electron chi connectivity index (χ3n) is 5.58. The minimum Gasteiger partial charge on any atom is -0.492 e. The van der Waals surface area contributed by atoms with Crippen LogP contribution < -0.4 is 10.1 Å². The molecule has 1 heterocycles. The molecule has 3 rings (SSSR count). The highest BCUT2D eigenvalue weighted by Gasteiger charge is 2.39. The Morgan fingerprint density at radius 3 is 2.43 bits per heavy atom. The number of nitrogens with one attached hydrogen (secondary N) is 1. The van der Waals surface area contributed by atoms with Gasteiger partial charge < -0.3 is 10.1 Å². The number of benzene rings is 1. The summed E-state index contributed by atoms with van der Waals surface area (Å²) < 4.78 is 5.89. The molecule has 1 aromatic rings. The van der Waals surface area contributed by atoms with Crippen molar-refractivity contribution in [1.29, 1.82) is 0 Å². The fraction of sp³-hybridized carbons (Fsp3) is 0.700. The molecule has 3 heteroatoms. The van der Waals surface area contributed by atoms with E-state index < -0.39 is 0 Å². The largest absolute Gasteiger partial charge is 0.492 e. The Labute approximate surface area is 141 Å². The SMILES string of the molecule is CC(COc1ccccc1)NCC1(N2CCCCC2)CCCC1. The van der Waals surface area contributed by atoms with Crippen molar-refractivity contribution in [3.05, 3.63) is 30.3 Å². The second-order valence-electron chi connectivity index (χ2n) is 7.39. The van der Waals surface area contributed by atoms with Gasteiger partial charge in [-0.1, -0.05) is 37.5 Å². The number of para-hydroxylation sites is 1. The van der Waals surface area contributed by atoms with Crippen LogP contribution in [0.1, 0.15) is 51.9 Å². The van der Waals surface area contributed by atoms with Crippen molar-refractivity contribution in [1.82, 2.24) is 10.2 Å². The smallest absolute Gasteiger partial charge is 0.119 e. The molecule has 1 saturated carbocycles. The molecule has 1 aliphatic heterocycles. The first-order chi connectivity index (χ1) is 11.3. The van der Waals surface area contributed by atoms with Gasteiger partial charge in [0.25, 0.3) is 0 Å². The normalized spacial score (nSPS) is 22.8. The molecule has 1 N–H and O–H groups in total. The summed E-state index contributed by atoms with van der Waals surface area (Å²) in [5.41, 5.74) is 0.418. The van der Waals surface area contributed by atoms with E-state index in [1.807, 2.05) is 30.3 Å². The molecule has 1 aliphatic carbocycles. The average Bonchev–Trinajstić information content (AvgIpc) is 3.10. The number of hydrogen-bond donors (Lipinski definition) is 1. The second kappa shape index (κ2) is 8.16. The Kier molecular flexibility index (Phi) is 5.96. The number of piperidine rings is 1. The number of hydrogen-bond acceptors (Lipinski definition) is 3. The predicted molar refractivity (Wildman–Crippen MR) is 96.0 cm³/mol. The minimum atomic E-state index is 0.387. The molecule has 128 valence electrons. The van der Waals surface area contributed by atoms with Gasteiger partial charge in [0.2, 0.25) is 0 Å². The van der Waals surface area contributed by atoms with Crippen LogP contribution in [0.5, 0.6) is 5.75 Å². The lowest BCUT2D eigenvalue weighted by Gasteiger charge is -2.44. The van der Waals surface area contributed by atoms with E-state index in [0.29, 0.717) is 11.6 Å². The molecule has 0 spiro atoms. The van der Waals surface area contributed by atoms with E-state index in [2.05, 4.69) is 17.1 Å². The quantitative estimate of drug-likeness (QED) is 0.827. The molecular formula is C20H32N2O. The highest BCUT2D eigenvalue weighted by Crippen LogP contribution is 2.36. The lowest BCUT2D eigenvalue weighted by Crippen LogP contribution is -2.56. The fourth-order valence-corrected chi connectivity index (χ4v) is 4.17. The van der Waals surface area contributed by atoms with E-state index >= 15 is 0 Å². The molecule has 0 amide bonds. The van der Waals surface area contributed by atoms with Crippen LogP contribution in [0.15, 0.2) is 30.3 Å². The third kappa shape index (κ3) is 4.48. The molecule has 1 unspecified atom stereocenters. The van der Waals surface area contributed by atoms with Crippen LogP contribution >= 0.6 is 0 Å². The van der Waals surface area contributed by atoms with Gasteiger partial charge in [-0.25, -0.2) is 0 Å². The maximum atomic E-state index is 5.89. The monoisotopic (exact) mass is 316 g/mol. The van der Waals surface area contributed by atoms with Crippen LogP contribution in [0, 0.1) is 0 Å². The third-order valence-corrected chi connectivity index (χ3v) is 5.58. The van der Waals surface area contributed by atoms with E-state index in [9.17, 15) is 0 Å². The van der Waals surface area contributed by atoms with Gasteiger partial charge in [0.05, 0.1) is 0 Å². The summed E-state index contributed by atoms with van der Waals surface area (Å²) in [7, 11) is 0. The van der Waals surface area contributed by atoms with Crippen molar-refractivity contribution in [2.75, 3.05) is 26.2 Å². The van der Waals surface area contributed by atoms with Crippen molar-refractivity contribution in [2.24, 2.45) is 0 Å². The summed E-state index contributed by atoms with van der Waals surface area (Å²) in [6.07, 6.45) is 9.71. The molecule has 1 aromatic carbocycles. The van der Waals surface area contributed by atoms with Crippen LogP contribution in [0.3, 0.4) is 0 Å². The zero-order valence-corrected chi connectivity index (χ0v) is 14.6. The first-order valence-corrected chi connectivity index (χ1v) is 9.45. The van der Waals surface area contributed by atoms with Gasteiger partial charge in [-0.05, 0) is 57.8 Å². The molecule has 0 radical (unpaired) electrons. The van der Waals surface area contributed by atoms with Crippen molar-refractivity contribution in [3.63, 3.8) is 0 Å². The highest BCUT2D eigenvalue weighted by molar-refractivity contribution is 5.20. The van der Waals surface area contributed by atoms with Crippen molar-refractivity contribution >= 4 is 0 Å². The standard InChI is InChI=1S/C20H32N2O/c1-18(16-23-19-10-4-2-5-11-19)21-17-20(12-6-7-13-20)22-14-8-3-9-15-22/h2,4-5,10-11,18,21H,3,6-9,12-17H2,1H3. The molecule has 0 aromatic heterocycles. The first-order valence-electron chi connectivity index (χ1n) is 9.45. The van der Waals surface area contributed by atoms with Gasteiger partial charge in [-0.2, -0.15) is 0 Å². The van der Waals surface area contributed by atoms with Crippen LogP contribution in [0.2, 0.25) is 0 Å². The van der Waals surface area contributed by atoms with Gasteiger partial charge >= 0.3 is 0 Å². The topological polar surface area (TPSA) is 24.5 Å². The molecule has 0 bridgehead atoms. The average molecular weight is 316 g/mol. The summed E-state index contributed by atoms with van der Waals surface area (Å²) in [5.74, 6) is 0.966. The maximum absolute atomic E-state index is 5.89. The fourth-order valence-electron chi connectivity index (χ4n) is 4.17. The minimum absolute atomic E-state index is 0.387. The van der Waals surface area contributed by atoms with E-state index in [1.165, 1.54) is 58.0 Å². The van der Waals surface area contributed by atoms with Crippen LogP contribution in [-0.2, 0) is 0 Å². The van der Waals surface area contributed by atoms with Gasteiger partial charge in [0.1, 0.15) is 12.4 Å².